The molecule has 0 bridgehead atoms. The van der Waals surface area contributed by atoms with E-state index >= 15 is 0 Å². The van der Waals surface area contributed by atoms with Crippen molar-refractivity contribution in [3.8, 4) is 17.2 Å². The molecule has 1 saturated carbocycles. The summed E-state index contributed by atoms with van der Waals surface area (Å²) in [4.78, 5) is 12.5. The molecule has 27 heavy (non-hydrogen) atoms. The summed E-state index contributed by atoms with van der Waals surface area (Å²) in [5.41, 5.74) is 3.20. The highest BCUT2D eigenvalue weighted by atomic mass is 16.6. The standard InChI is InChI=1S/C22H25NO4/c1-14-3-4-15(2)19(11-14)27-13-21(24)23-22(16-5-6-16)17-7-8-18-20(12-17)26-10-9-25-18/h3-4,7-8,11-12,16,22H,5-6,9-10,13H2,1-2H3,(H,23,24). The van der Waals surface area contributed by atoms with E-state index in [9.17, 15) is 4.79 Å². The second-order valence-electron chi connectivity index (χ2n) is 7.34. The number of fused-ring (bicyclic) bond motifs is 1. The second-order valence-corrected chi connectivity index (χ2v) is 7.34. The van der Waals surface area contributed by atoms with Crippen LogP contribution in [0.5, 0.6) is 17.2 Å². The SMILES string of the molecule is Cc1ccc(C)c(OCC(=O)NC(c2ccc3c(c2)OCCO3)C2CC2)c1. The number of hydrogen-bond acceptors (Lipinski definition) is 4. The van der Waals surface area contributed by atoms with Crippen molar-refractivity contribution in [1.82, 2.24) is 5.32 Å². The van der Waals surface area contributed by atoms with E-state index in [2.05, 4.69) is 5.32 Å². The quantitative estimate of drug-likeness (QED) is 0.845. The lowest BCUT2D eigenvalue weighted by molar-refractivity contribution is -0.124. The predicted octanol–water partition coefficient (Wildman–Crippen LogP) is 3.72. The van der Waals surface area contributed by atoms with E-state index in [0.29, 0.717) is 19.1 Å². The van der Waals surface area contributed by atoms with Gasteiger partial charge in [0.25, 0.3) is 5.91 Å². The van der Waals surface area contributed by atoms with Gasteiger partial charge < -0.3 is 19.5 Å². The molecule has 2 aromatic rings. The van der Waals surface area contributed by atoms with Crippen molar-refractivity contribution in [2.24, 2.45) is 5.92 Å². The van der Waals surface area contributed by atoms with Gasteiger partial charge in [-0.3, -0.25) is 4.79 Å². The Bertz CT molecular complexity index is 844. The molecule has 1 unspecified atom stereocenters. The molecule has 1 atom stereocenters. The number of hydrogen-bond donors (Lipinski definition) is 1. The van der Waals surface area contributed by atoms with Crippen LogP contribution in [-0.2, 0) is 4.79 Å². The van der Waals surface area contributed by atoms with Gasteiger partial charge in [0, 0.05) is 0 Å². The Kier molecular flexibility index (Phi) is 4.92. The third-order valence-corrected chi connectivity index (χ3v) is 5.04. The van der Waals surface area contributed by atoms with E-state index < -0.39 is 0 Å². The molecule has 1 aliphatic heterocycles. The highest BCUT2D eigenvalue weighted by Crippen LogP contribution is 2.43. The fourth-order valence-electron chi connectivity index (χ4n) is 3.38. The molecule has 0 radical (unpaired) electrons. The molecule has 1 fully saturated rings. The van der Waals surface area contributed by atoms with Crippen molar-refractivity contribution in [2.45, 2.75) is 32.7 Å². The summed E-state index contributed by atoms with van der Waals surface area (Å²) in [6.07, 6.45) is 2.24. The Labute approximate surface area is 159 Å². The van der Waals surface area contributed by atoms with Gasteiger partial charge in [0.15, 0.2) is 18.1 Å². The number of benzene rings is 2. The first kappa shape index (κ1) is 17.7. The van der Waals surface area contributed by atoms with E-state index in [1.165, 1.54) is 0 Å². The molecule has 1 N–H and O–H groups in total. The summed E-state index contributed by atoms with van der Waals surface area (Å²) in [6.45, 7) is 5.13. The van der Waals surface area contributed by atoms with Crippen LogP contribution in [-0.4, -0.2) is 25.7 Å². The summed E-state index contributed by atoms with van der Waals surface area (Å²) in [6, 6.07) is 11.9. The van der Waals surface area contributed by atoms with Crippen LogP contribution in [0, 0.1) is 19.8 Å². The smallest absolute Gasteiger partial charge is 0.258 e. The first-order valence-corrected chi connectivity index (χ1v) is 9.49. The lowest BCUT2D eigenvalue weighted by Crippen LogP contribution is -2.34. The fourth-order valence-corrected chi connectivity index (χ4v) is 3.38. The van der Waals surface area contributed by atoms with Gasteiger partial charge in [-0.15, -0.1) is 0 Å². The Morgan fingerprint density at radius 1 is 1.11 bits per heavy atom. The van der Waals surface area contributed by atoms with Crippen molar-refractivity contribution in [2.75, 3.05) is 19.8 Å². The number of carbonyl (C=O) groups excluding carboxylic acids is 1. The minimum atomic E-state index is -0.109. The number of aryl methyl sites for hydroxylation is 2. The van der Waals surface area contributed by atoms with Gasteiger partial charge in [-0.25, -0.2) is 0 Å². The Morgan fingerprint density at radius 2 is 1.89 bits per heavy atom. The molecule has 1 aliphatic carbocycles. The van der Waals surface area contributed by atoms with Crippen molar-refractivity contribution >= 4 is 5.91 Å². The number of rotatable bonds is 6. The Morgan fingerprint density at radius 3 is 2.67 bits per heavy atom. The summed E-state index contributed by atoms with van der Waals surface area (Å²) >= 11 is 0. The second kappa shape index (κ2) is 7.51. The summed E-state index contributed by atoms with van der Waals surface area (Å²) in [5, 5.41) is 3.15. The highest BCUT2D eigenvalue weighted by molar-refractivity contribution is 5.78. The van der Waals surface area contributed by atoms with Crippen LogP contribution in [0.2, 0.25) is 0 Å². The van der Waals surface area contributed by atoms with Crippen LogP contribution in [0.1, 0.15) is 35.6 Å². The molecular formula is C22H25NO4. The molecule has 2 aromatic carbocycles. The fraction of sp³-hybridized carbons (Fsp3) is 0.409. The first-order valence-electron chi connectivity index (χ1n) is 9.49. The lowest BCUT2D eigenvalue weighted by atomic mass is 10.0. The third-order valence-electron chi connectivity index (χ3n) is 5.04. The van der Waals surface area contributed by atoms with Gasteiger partial charge >= 0.3 is 0 Å². The number of amides is 1. The zero-order valence-electron chi connectivity index (χ0n) is 15.8. The molecule has 1 amide bonds. The van der Waals surface area contributed by atoms with Gasteiger partial charge in [-0.2, -0.15) is 0 Å². The summed E-state index contributed by atoms with van der Waals surface area (Å²) in [5.74, 6) is 2.64. The van der Waals surface area contributed by atoms with E-state index in [1.807, 2.05) is 50.2 Å². The molecule has 5 nitrogen and oxygen atoms in total. The number of carbonyl (C=O) groups is 1. The van der Waals surface area contributed by atoms with E-state index in [1.54, 1.807) is 0 Å². The van der Waals surface area contributed by atoms with Crippen LogP contribution in [0.3, 0.4) is 0 Å². The van der Waals surface area contributed by atoms with Crippen LogP contribution >= 0.6 is 0 Å². The van der Waals surface area contributed by atoms with Crippen LogP contribution in [0.15, 0.2) is 36.4 Å². The van der Waals surface area contributed by atoms with E-state index in [4.69, 9.17) is 14.2 Å². The topological polar surface area (TPSA) is 56.8 Å². The maximum absolute atomic E-state index is 12.5. The van der Waals surface area contributed by atoms with Gasteiger partial charge in [-0.05, 0) is 67.5 Å². The van der Waals surface area contributed by atoms with Gasteiger partial charge in [0.2, 0.25) is 0 Å². The van der Waals surface area contributed by atoms with Crippen molar-refractivity contribution < 1.29 is 19.0 Å². The third kappa shape index (κ3) is 4.18. The maximum Gasteiger partial charge on any atom is 0.258 e. The normalized spacial score (nSPS) is 16.5. The number of ether oxygens (including phenoxy) is 3. The van der Waals surface area contributed by atoms with Gasteiger partial charge in [-0.1, -0.05) is 18.2 Å². The Balaban J connectivity index is 1.42. The van der Waals surface area contributed by atoms with Crippen molar-refractivity contribution in [3.63, 3.8) is 0 Å². The minimum Gasteiger partial charge on any atom is -0.486 e. The molecule has 4 rings (SSSR count). The van der Waals surface area contributed by atoms with Crippen molar-refractivity contribution in [3.05, 3.63) is 53.1 Å². The summed E-state index contributed by atoms with van der Waals surface area (Å²) < 4.78 is 17.0. The average Bonchev–Trinajstić information content (AvgIpc) is 3.51. The monoisotopic (exact) mass is 367 g/mol. The van der Waals surface area contributed by atoms with Gasteiger partial charge in [0.1, 0.15) is 19.0 Å². The molecule has 0 aromatic heterocycles. The molecule has 1 heterocycles. The lowest BCUT2D eigenvalue weighted by Gasteiger charge is -2.23. The van der Waals surface area contributed by atoms with E-state index in [-0.39, 0.29) is 18.6 Å². The minimum absolute atomic E-state index is 0.0120. The molecule has 142 valence electrons. The maximum atomic E-state index is 12.5. The Hall–Kier alpha value is -2.69. The summed E-state index contributed by atoms with van der Waals surface area (Å²) in [7, 11) is 0. The average molecular weight is 367 g/mol. The largest absolute Gasteiger partial charge is 0.486 e. The van der Waals surface area contributed by atoms with Crippen LogP contribution in [0.25, 0.3) is 0 Å². The zero-order valence-corrected chi connectivity index (χ0v) is 15.8. The molecule has 5 heteroatoms. The molecule has 2 aliphatic rings. The zero-order chi connectivity index (χ0) is 18.8. The van der Waals surface area contributed by atoms with Crippen LogP contribution < -0.4 is 19.5 Å². The van der Waals surface area contributed by atoms with Crippen molar-refractivity contribution in [1.29, 1.82) is 0 Å². The van der Waals surface area contributed by atoms with Crippen LogP contribution in [0.4, 0.5) is 0 Å². The van der Waals surface area contributed by atoms with Gasteiger partial charge in [0.05, 0.1) is 6.04 Å². The molecule has 0 spiro atoms. The molecule has 0 saturated heterocycles. The predicted molar refractivity (Wildman–Crippen MR) is 102 cm³/mol. The first-order chi connectivity index (χ1) is 13.1. The highest BCUT2D eigenvalue weighted by Gasteiger charge is 2.34. The van der Waals surface area contributed by atoms with E-state index in [0.717, 1.165) is 46.8 Å². The number of nitrogens with one attached hydrogen (secondary N) is 1. The molecular weight excluding hydrogens is 342 g/mol.